The number of amides is 1. The molecular weight excluding hydrogens is 512 g/mol. The number of allylic oxidation sites excluding steroid dienone is 4. The first kappa shape index (κ1) is 27.9. The van der Waals surface area contributed by atoms with Gasteiger partial charge in [0.2, 0.25) is 11.9 Å². The van der Waals surface area contributed by atoms with E-state index in [1.54, 1.807) is 17.1 Å². The number of aromatic nitrogens is 3. The summed E-state index contributed by atoms with van der Waals surface area (Å²) >= 11 is 6.05. The van der Waals surface area contributed by atoms with Crippen molar-refractivity contribution in [1.29, 1.82) is 0 Å². The van der Waals surface area contributed by atoms with Crippen LogP contribution in [0.3, 0.4) is 0 Å². The van der Waals surface area contributed by atoms with Crippen molar-refractivity contribution in [1.82, 2.24) is 14.3 Å². The molecule has 4 rings (SSSR count). The van der Waals surface area contributed by atoms with Crippen molar-refractivity contribution in [3.05, 3.63) is 117 Å². The molecule has 1 aliphatic heterocycles. The number of anilines is 1. The van der Waals surface area contributed by atoms with Crippen molar-refractivity contribution >= 4 is 29.2 Å². The Balaban J connectivity index is 1.79. The van der Waals surface area contributed by atoms with E-state index in [1.165, 1.54) is 14.8 Å². The number of hydrazone groups is 1. The lowest BCUT2D eigenvalue weighted by Crippen LogP contribution is -2.33. The highest BCUT2D eigenvalue weighted by atomic mass is 35.5. The Morgan fingerprint density at radius 2 is 1.87 bits per heavy atom. The van der Waals surface area contributed by atoms with Gasteiger partial charge in [-0.25, -0.2) is 14.5 Å². The van der Waals surface area contributed by atoms with E-state index in [-0.39, 0.29) is 18.4 Å². The zero-order valence-electron chi connectivity index (χ0n) is 22.4. The lowest BCUT2D eigenvalue weighted by molar-refractivity contribution is -0.118. The summed E-state index contributed by atoms with van der Waals surface area (Å²) in [5, 5.41) is 11.8. The third-order valence-corrected chi connectivity index (χ3v) is 7.01. The van der Waals surface area contributed by atoms with Crippen molar-refractivity contribution in [2.24, 2.45) is 16.8 Å². The van der Waals surface area contributed by atoms with Crippen LogP contribution in [0.25, 0.3) is 0 Å². The van der Waals surface area contributed by atoms with Crippen LogP contribution in [0.15, 0.2) is 94.9 Å². The minimum absolute atomic E-state index is 0.157. The highest BCUT2D eigenvalue weighted by molar-refractivity contribution is 6.30. The molecule has 1 aliphatic rings. The summed E-state index contributed by atoms with van der Waals surface area (Å²) in [5.41, 5.74) is 9.78. The Labute approximate surface area is 233 Å². The molecule has 39 heavy (non-hydrogen) atoms. The Hall–Kier alpha value is -4.17. The molecule has 0 saturated carbocycles. The normalized spacial score (nSPS) is 16.3. The van der Waals surface area contributed by atoms with Crippen LogP contribution in [0.2, 0.25) is 5.02 Å². The van der Waals surface area contributed by atoms with Crippen molar-refractivity contribution < 1.29 is 4.79 Å². The van der Waals surface area contributed by atoms with Gasteiger partial charge in [0.05, 0.1) is 18.3 Å². The number of halogens is 1. The molecule has 0 bridgehead atoms. The predicted molar refractivity (Wildman–Crippen MR) is 157 cm³/mol. The van der Waals surface area contributed by atoms with Crippen LogP contribution in [0.1, 0.15) is 43.5 Å². The second-order valence-corrected chi connectivity index (χ2v) is 9.87. The summed E-state index contributed by atoms with van der Waals surface area (Å²) in [6.45, 7) is 10.3. The number of primary amides is 1. The zero-order valence-corrected chi connectivity index (χ0v) is 23.2. The van der Waals surface area contributed by atoms with Crippen LogP contribution >= 0.6 is 11.6 Å². The zero-order chi connectivity index (χ0) is 28.1. The van der Waals surface area contributed by atoms with Crippen LogP contribution in [-0.2, 0) is 17.8 Å². The summed E-state index contributed by atoms with van der Waals surface area (Å²) in [5.74, 6) is -0.559. The molecule has 0 unspecified atom stereocenters. The van der Waals surface area contributed by atoms with Gasteiger partial charge in [-0.2, -0.15) is 5.10 Å². The number of hydrogen-bond acceptors (Lipinski definition) is 5. The molecule has 0 spiro atoms. The fourth-order valence-corrected chi connectivity index (χ4v) is 4.64. The maximum Gasteiger partial charge on any atom is 0.348 e. The maximum atomic E-state index is 13.5. The van der Waals surface area contributed by atoms with Gasteiger partial charge < -0.3 is 5.73 Å². The van der Waals surface area contributed by atoms with Gasteiger partial charge in [0.15, 0.2) is 0 Å². The van der Waals surface area contributed by atoms with Gasteiger partial charge in [-0.3, -0.25) is 9.36 Å². The quantitative estimate of drug-likeness (QED) is 0.368. The Bertz CT molecular complexity index is 1500. The lowest BCUT2D eigenvalue weighted by Gasteiger charge is -2.16. The minimum atomic E-state index is -0.647. The molecule has 0 radical (unpaired) electrons. The first-order chi connectivity index (χ1) is 18.7. The SMILES string of the molecule is C=C(/C=C\C=C/C)[C@H]1CN(c2nn([C@H](C)c3ccc(Cl)cc3)c(=O)n2CC(N)=O)N=C1c1ccc(CC)cc1. The van der Waals surface area contributed by atoms with Crippen LogP contribution in [0, 0.1) is 5.92 Å². The number of benzene rings is 2. The van der Waals surface area contributed by atoms with Gasteiger partial charge in [-0.05, 0) is 54.7 Å². The molecule has 2 heterocycles. The number of hydrogen-bond donors (Lipinski definition) is 1. The number of rotatable bonds is 10. The van der Waals surface area contributed by atoms with Crippen LogP contribution < -0.4 is 16.4 Å². The summed E-state index contributed by atoms with van der Waals surface area (Å²) < 4.78 is 2.62. The van der Waals surface area contributed by atoms with E-state index in [9.17, 15) is 9.59 Å². The van der Waals surface area contributed by atoms with E-state index < -0.39 is 17.6 Å². The molecule has 0 saturated heterocycles. The van der Waals surface area contributed by atoms with Crippen molar-refractivity contribution in [2.45, 2.75) is 39.8 Å². The predicted octanol–water partition coefficient (Wildman–Crippen LogP) is 4.88. The molecule has 2 aromatic carbocycles. The molecule has 2 atom stereocenters. The maximum absolute atomic E-state index is 13.5. The molecule has 9 heteroatoms. The third-order valence-electron chi connectivity index (χ3n) is 6.76. The minimum Gasteiger partial charge on any atom is -0.368 e. The summed E-state index contributed by atoms with van der Waals surface area (Å²) in [4.78, 5) is 25.5. The van der Waals surface area contributed by atoms with Crippen molar-refractivity contribution in [2.75, 3.05) is 11.6 Å². The Kier molecular flexibility index (Phi) is 8.66. The van der Waals surface area contributed by atoms with Crippen LogP contribution in [0.4, 0.5) is 5.95 Å². The molecule has 0 fully saturated rings. The Morgan fingerprint density at radius 3 is 2.49 bits per heavy atom. The first-order valence-corrected chi connectivity index (χ1v) is 13.3. The van der Waals surface area contributed by atoms with Gasteiger partial charge in [0.1, 0.15) is 6.54 Å². The van der Waals surface area contributed by atoms with Crippen molar-refractivity contribution in [3.8, 4) is 0 Å². The fourth-order valence-electron chi connectivity index (χ4n) is 4.52. The topological polar surface area (TPSA) is 98.5 Å². The van der Waals surface area contributed by atoms with E-state index in [2.05, 4.69) is 42.9 Å². The smallest absolute Gasteiger partial charge is 0.348 e. The summed E-state index contributed by atoms with van der Waals surface area (Å²) in [6.07, 6.45) is 8.72. The first-order valence-electron chi connectivity index (χ1n) is 12.9. The largest absolute Gasteiger partial charge is 0.368 e. The molecule has 1 aromatic heterocycles. The van der Waals surface area contributed by atoms with E-state index in [0.29, 0.717) is 11.6 Å². The second-order valence-electron chi connectivity index (χ2n) is 9.44. The van der Waals surface area contributed by atoms with Gasteiger partial charge in [-0.1, -0.05) is 85.8 Å². The highest BCUT2D eigenvalue weighted by Gasteiger charge is 2.33. The van der Waals surface area contributed by atoms with Crippen LogP contribution in [-0.4, -0.2) is 32.5 Å². The van der Waals surface area contributed by atoms with Gasteiger partial charge in [0, 0.05) is 10.9 Å². The molecule has 202 valence electrons. The average molecular weight is 545 g/mol. The third kappa shape index (κ3) is 6.12. The molecular formula is C30H33ClN6O2. The number of carbonyl (C=O) groups is 1. The molecule has 3 aromatic rings. The van der Waals surface area contributed by atoms with E-state index >= 15 is 0 Å². The van der Waals surface area contributed by atoms with Crippen molar-refractivity contribution in [3.63, 3.8) is 0 Å². The van der Waals surface area contributed by atoms with Crippen LogP contribution in [0.5, 0.6) is 0 Å². The van der Waals surface area contributed by atoms with E-state index in [4.69, 9.17) is 22.4 Å². The average Bonchev–Trinajstić information content (AvgIpc) is 3.50. The number of nitrogens with zero attached hydrogens (tertiary/aromatic N) is 5. The summed E-state index contributed by atoms with van der Waals surface area (Å²) in [7, 11) is 0. The van der Waals surface area contributed by atoms with E-state index in [1.807, 2.05) is 50.3 Å². The Morgan fingerprint density at radius 1 is 1.18 bits per heavy atom. The number of aryl methyl sites for hydroxylation is 1. The summed E-state index contributed by atoms with van der Waals surface area (Å²) in [6, 6.07) is 15.1. The molecule has 1 amide bonds. The fraction of sp³-hybridized carbons (Fsp3) is 0.267. The van der Waals surface area contributed by atoms with E-state index in [0.717, 1.165) is 28.8 Å². The second kappa shape index (κ2) is 12.1. The van der Waals surface area contributed by atoms with Gasteiger partial charge in [-0.15, -0.1) is 5.10 Å². The number of carbonyl (C=O) groups excluding carboxylic acids is 1. The van der Waals surface area contributed by atoms with Gasteiger partial charge in [0.25, 0.3) is 0 Å². The molecule has 8 nitrogen and oxygen atoms in total. The standard InChI is InChI=1S/C30H33ClN6O2/c1-5-7-8-9-20(3)26-18-36(33-28(26)24-12-10-22(6-2)11-13-24)29-34-37(30(39)35(29)19-27(32)38)21(4)23-14-16-25(31)17-15-23/h5,7-17,21,26H,3,6,18-19H2,1-2,4H3,(H2,32,38)/b7-5-,9-8-/t21-,26-/m1/s1. The number of nitrogens with two attached hydrogens (primary N) is 1. The van der Waals surface area contributed by atoms with Gasteiger partial charge >= 0.3 is 5.69 Å². The molecule has 0 aliphatic carbocycles. The monoisotopic (exact) mass is 544 g/mol. The molecule has 2 N–H and O–H groups in total. The lowest BCUT2D eigenvalue weighted by atomic mass is 9.90. The highest BCUT2D eigenvalue weighted by Crippen LogP contribution is 2.29.